The van der Waals surface area contributed by atoms with Crippen LogP contribution in [-0.2, 0) is 0 Å². The Hall–Kier alpha value is -2.31. The van der Waals surface area contributed by atoms with Crippen molar-refractivity contribution in [2.45, 2.75) is 6.92 Å². The third-order valence-electron chi connectivity index (χ3n) is 3.12. The Balaban J connectivity index is 2.43. The maximum absolute atomic E-state index is 12.5. The van der Waals surface area contributed by atoms with Crippen molar-refractivity contribution in [3.8, 4) is 6.07 Å². The molecule has 0 aromatic heterocycles. The summed E-state index contributed by atoms with van der Waals surface area (Å²) in [4.78, 5) is 14.0. The number of hydrogen-bond acceptors (Lipinski definition) is 2. The molecular formula is C16H13ClN2O. The van der Waals surface area contributed by atoms with Crippen molar-refractivity contribution in [2.75, 3.05) is 11.9 Å². The molecule has 0 aliphatic rings. The fourth-order valence-corrected chi connectivity index (χ4v) is 2.15. The molecule has 0 unspecified atom stereocenters. The average molecular weight is 285 g/mol. The van der Waals surface area contributed by atoms with Gasteiger partial charge in [0.1, 0.15) is 6.07 Å². The maximum atomic E-state index is 12.5. The van der Waals surface area contributed by atoms with E-state index in [-0.39, 0.29) is 5.91 Å². The molecule has 2 rings (SSSR count). The Morgan fingerprint density at radius 2 is 1.95 bits per heavy atom. The Bertz CT molecular complexity index is 704. The van der Waals surface area contributed by atoms with Gasteiger partial charge >= 0.3 is 0 Å². The molecule has 0 radical (unpaired) electrons. The predicted octanol–water partition coefficient (Wildman–Crippen LogP) is 3.80. The standard InChI is InChI=1S/C16H13ClN2O/c1-11-7-8-13(17)9-14(11)16(20)19(2)15-6-4-3-5-12(15)10-18/h3-9H,1-2H3. The van der Waals surface area contributed by atoms with Crippen molar-refractivity contribution in [3.63, 3.8) is 0 Å². The number of carbonyl (C=O) groups excluding carboxylic acids is 1. The van der Waals surface area contributed by atoms with Gasteiger partial charge in [0.25, 0.3) is 5.91 Å². The zero-order valence-electron chi connectivity index (χ0n) is 11.2. The molecule has 0 atom stereocenters. The van der Waals surface area contributed by atoms with Gasteiger partial charge in [0.2, 0.25) is 0 Å². The van der Waals surface area contributed by atoms with Gasteiger partial charge in [-0.1, -0.05) is 29.8 Å². The lowest BCUT2D eigenvalue weighted by molar-refractivity contribution is 0.0992. The molecule has 0 aliphatic heterocycles. The summed E-state index contributed by atoms with van der Waals surface area (Å²) in [6.45, 7) is 1.85. The summed E-state index contributed by atoms with van der Waals surface area (Å²) in [6.07, 6.45) is 0. The molecule has 2 aromatic rings. The van der Waals surface area contributed by atoms with Gasteiger partial charge in [-0.2, -0.15) is 5.26 Å². The summed E-state index contributed by atoms with van der Waals surface area (Å²) in [5, 5.41) is 9.62. The monoisotopic (exact) mass is 284 g/mol. The number of para-hydroxylation sites is 1. The van der Waals surface area contributed by atoms with Crippen molar-refractivity contribution >= 4 is 23.2 Å². The number of hydrogen-bond donors (Lipinski definition) is 0. The first kappa shape index (κ1) is 14.1. The van der Waals surface area contributed by atoms with Gasteiger partial charge in [0.15, 0.2) is 0 Å². The molecule has 0 heterocycles. The van der Waals surface area contributed by atoms with Crippen LogP contribution in [0.15, 0.2) is 42.5 Å². The molecule has 0 fully saturated rings. The SMILES string of the molecule is Cc1ccc(Cl)cc1C(=O)N(C)c1ccccc1C#N. The number of carbonyl (C=O) groups is 1. The molecule has 20 heavy (non-hydrogen) atoms. The van der Waals surface area contributed by atoms with E-state index in [0.29, 0.717) is 21.8 Å². The Labute approximate surface area is 123 Å². The highest BCUT2D eigenvalue weighted by Gasteiger charge is 2.18. The molecule has 0 saturated carbocycles. The van der Waals surface area contributed by atoms with Crippen LogP contribution in [0.5, 0.6) is 0 Å². The summed E-state index contributed by atoms with van der Waals surface area (Å²) in [5.41, 5.74) is 2.43. The molecule has 0 aliphatic carbocycles. The van der Waals surface area contributed by atoms with Crippen LogP contribution < -0.4 is 4.90 Å². The van der Waals surface area contributed by atoms with Crippen molar-refractivity contribution < 1.29 is 4.79 Å². The van der Waals surface area contributed by atoms with E-state index in [4.69, 9.17) is 16.9 Å². The normalized spacial score (nSPS) is 9.90. The number of amides is 1. The van der Waals surface area contributed by atoms with Crippen LogP contribution in [-0.4, -0.2) is 13.0 Å². The third-order valence-corrected chi connectivity index (χ3v) is 3.36. The molecule has 0 bridgehead atoms. The molecule has 4 heteroatoms. The van der Waals surface area contributed by atoms with Gasteiger partial charge in [0, 0.05) is 17.6 Å². The highest BCUT2D eigenvalue weighted by Crippen LogP contribution is 2.23. The summed E-state index contributed by atoms with van der Waals surface area (Å²) < 4.78 is 0. The molecule has 0 saturated heterocycles. The average Bonchev–Trinajstić information content (AvgIpc) is 2.48. The van der Waals surface area contributed by atoms with E-state index >= 15 is 0 Å². The molecule has 3 nitrogen and oxygen atoms in total. The highest BCUT2D eigenvalue weighted by atomic mass is 35.5. The predicted molar refractivity (Wildman–Crippen MR) is 80.1 cm³/mol. The fourth-order valence-electron chi connectivity index (χ4n) is 1.98. The number of nitriles is 1. The minimum absolute atomic E-state index is 0.187. The van der Waals surface area contributed by atoms with Crippen molar-refractivity contribution in [2.24, 2.45) is 0 Å². The number of aryl methyl sites for hydroxylation is 1. The largest absolute Gasteiger partial charge is 0.310 e. The Kier molecular flexibility index (Phi) is 4.07. The minimum atomic E-state index is -0.187. The van der Waals surface area contributed by atoms with Crippen molar-refractivity contribution in [1.29, 1.82) is 5.26 Å². The lowest BCUT2D eigenvalue weighted by Gasteiger charge is -2.19. The summed E-state index contributed by atoms with van der Waals surface area (Å²) in [7, 11) is 1.65. The minimum Gasteiger partial charge on any atom is -0.310 e. The van der Waals surface area contributed by atoms with Crippen molar-refractivity contribution in [3.05, 3.63) is 64.2 Å². The summed E-state index contributed by atoms with van der Waals surface area (Å²) in [6, 6.07) is 14.3. The first-order valence-corrected chi connectivity index (χ1v) is 6.45. The van der Waals surface area contributed by atoms with Gasteiger partial charge < -0.3 is 4.90 Å². The summed E-state index contributed by atoms with van der Waals surface area (Å²) in [5.74, 6) is -0.187. The second-order valence-corrected chi connectivity index (χ2v) is 4.89. The maximum Gasteiger partial charge on any atom is 0.258 e. The van der Waals surface area contributed by atoms with E-state index in [0.717, 1.165) is 5.56 Å². The van der Waals surface area contributed by atoms with E-state index in [9.17, 15) is 4.79 Å². The van der Waals surface area contributed by atoms with Gasteiger partial charge in [-0.15, -0.1) is 0 Å². The highest BCUT2D eigenvalue weighted by molar-refractivity contribution is 6.31. The first-order chi connectivity index (χ1) is 9.54. The van der Waals surface area contributed by atoms with E-state index in [2.05, 4.69) is 6.07 Å². The Morgan fingerprint density at radius 3 is 2.65 bits per heavy atom. The second-order valence-electron chi connectivity index (χ2n) is 4.45. The lowest BCUT2D eigenvalue weighted by Crippen LogP contribution is -2.27. The number of benzene rings is 2. The topological polar surface area (TPSA) is 44.1 Å². The molecule has 0 N–H and O–H groups in total. The van der Waals surface area contributed by atoms with E-state index in [1.165, 1.54) is 4.90 Å². The smallest absolute Gasteiger partial charge is 0.258 e. The van der Waals surface area contributed by atoms with Crippen LogP contribution in [0, 0.1) is 18.3 Å². The number of halogens is 1. The zero-order chi connectivity index (χ0) is 14.7. The van der Waals surface area contributed by atoms with Crippen LogP contribution in [0.2, 0.25) is 5.02 Å². The van der Waals surface area contributed by atoms with Gasteiger partial charge in [-0.3, -0.25) is 4.79 Å². The molecule has 2 aromatic carbocycles. The molecule has 1 amide bonds. The summed E-state index contributed by atoms with van der Waals surface area (Å²) >= 11 is 5.95. The second kappa shape index (κ2) is 5.77. The third kappa shape index (κ3) is 2.66. The van der Waals surface area contributed by atoms with Crippen molar-refractivity contribution in [1.82, 2.24) is 0 Å². The van der Waals surface area contributed by atoms with E-state index in [1.807, 2.05) is 6.92 Å². The van der Waals surface area contributed by atoms with Crippen LogP contribution in [0.1, 0.15) is 21.5 Å². The number of nitrogens with zero attached hydrogens (tertiary/aromatic N) is 2. The van der Waals surface area contributed by atoms with Gasteiger partial charge in [-0.25, -0.2) is 0 Å². The first-order valence-electron chi connectivity index (χ1n) is 6.08. The van der Waals surface area contributed by atoms with Gasteiger partial charge in [0.05, 0.1) is 11.3 Å². The zero-order valence-corrected chi connectivity index (χ0v) is 12.0. The fraction of sp³-hybridized carbons (Fsp3) is 0.125. The van der Waals surface area contributed by atoms with E-state index < -0.39 is 0 Å². The lowest BCUT2D eigenvalue weighted by atomic mass is 10.1. The van der Waals surface area contributed by atoms with Crippen LogP contribution in [0.25, 0.3) is 0 Å². The van der Waals surface area contributed by atoms with Gasteiger partial charge in [-0.05, 0) is 36.8 Å². The van der Waals surface area contributed by atoms with Crippen LogP contribution >= 0.6 is 11.6 Å². The van der Waals surface area contributed by atoms with E-state index in [1.54, 1.807) is 49.5 Å². The molecule has 100 valence electrons. The quantitative estimate of drug-likeness (QED) is 0.842. The van der Waals surface area contributed by atoms with Crippen LogP contribution in [0.3, 0.4) is 0 Å². The molecule has 0 spiro atoms. The molecular weight excluding hydrogens is 272 g/mol. The number of anilines is 1. The Morgan fingerprint density at radius 1 is 1.25 bits per heavy atom. The van der Waals surface area contributed by atoms with Crippen LogP contribution in [0.4, 0.5) is 5.69 Å². The number of rotatable bonds is 2.